The molecule has 0 atom stereocenters. The lowest BCUT2D eigenvalue weighted by Gasteiger charge is -2.08. The normalized spacial score (nSPS) is 10.5. The number of benzene rings is 2. The van der Waals surface area contributed by atoms with Gasteiger partial charge in [-0.25, -0.2) is 0 Å². The molecule has 10 nitrogen and oxygen atoms in total. The predicted octanol–water partition coefficient (Wildman–Crippen LogP) is 2.97. The molecule has 25 heavy (non-hydrogen) atoms. The average molecular weight is 346 g/mol. The molecule has 1 N–H and O–H groups in total. The Hall–Kier alpha value is -3.69. The van der Waals surface area contributed by atoms with Crippen LogP contribution < -0.4 is 14.9 Å². The smallest absolute Gasteiger partial charge is 0.311 e. The summed E-state index contributed by atoms with van der Waals surface area (Å²) < 4.78 is 10.1. The van der Waals surface area contributed by atoms with Gasteiger partial charge in [-0.3, -0.25) is 25.7 Å². The Balaban J connectivity index is 2.23. The van der Waals surface area contributed by atoms with Crippen LogP contribution in [0, 0.1) is 20.2 Å². The zero-order chi connectivity index (χ0) is 18.4. The number of non-ortho nitro benzene ring substituents is 1. The van der Waals surface area contributed by atoms with Crippen LogP contribution in [-0.4, -0.2) is 30.3 Å². The summed E-state index contributed by atoms with van der Waals surface area (Å²) in [6.45, 7) is 0. The molecule has 0 bridgehead atoms. The number of nitrogens with one attached hydrogen (secondary N) is 1. The van der Waals surface area contributed by atoms with Crippen molar-refractivity contribution >= 4 is 23.3 Å². The van der Waals surface area contributed by atoms with Crippen molar-refractivity contribution in [2.24, 2.45) is 5.10 Å². The SMILES string of the molecule is COc1cc(OC)c([N+](=O)[O-])cc1/C=N/Nc1ccc([N+](=O)[O-])cc1. The number of hydrazone groups is 1. The van der Waals surface area contributed by atoms with Gasteiger partial charge in [0.1, 0.15) is 5.75 Å². The number of rotatable bonds is 7. The van der Waals surface area contributed by atoms with E-state index in [1.165, 1.54) is 56.8 Å². The van der Waals surface area contributed by atoms with Gasteiger partial charge in [-0.15, -0.1) is 0 Å². The maximum atomic E-state index is 11.1. The minimum atomic E-state index is -0.570. The molecule has 2 rings (SSSR count). The van der Waals surface area contributed by atoms with Gasteiger partial charge in [-0.2, -0.15) is 5.10 Å². The number of hydrogen-bond donors (Lipinski definition) is 1. The van der Waals surface area contributed by atoms with Crippen LogP contribution in [0.4, 0.5) is 17.1 Å². The van der Waals surface area contributed by atoms with Gasteiger partial charge in [0.25, 0.3) is 5.69 Å². The van der Waals surface area contributed by atoms with Crippen molar-refractivity contribution in [2.75, 3.05) is 19.6 Å². The van der Waals surface area contributed by atoms with Crippen LogP contribution in [0.1, 0.15) is 5.56 Å². The van der Waals surface area contributed by atoms with Crippen LogP contribution >= 0.6 is 0 Å². The van der Waals surface area contributed by atoms with E-state index in [1.54, 1.807) is 0 Å². The highest BCUT2D eigenvalue weighted by Crippen LogP contribution is 2.33. The first-order valence-corrected chi connectivity index (χ1v) is 6.90. The molecule has 0 spiro atoms. The van der Waals surface area contributed by atoms with Gasteiger partial charge < -0.3 is 9.47 Å². The maximum Gasteiger partial charge on any atom is 0.311 e. The summed E-state index contributed by atoms with van der Waals surface area (Å²) in [7, 11) is 2.74. The van der Waals surface area contributed by atoms with Crippen molar-refractivity contribution in [3.05, 3.63) is 62.2 Å². The van der Waals surface area contributed by atoms with Crippen molar-refractivity contribution in [1.29, 1.82) is 0 Å². The van der Waals surface area contributed by atoms with Crippen molar-refractivity contribution in [3.8, 4) is 11.5 Å². The van der Waals surface area contributed by atoms with Gasteiger partial charge in [-0.05, 0) is 12.1 Å². The fourth-order valence-electron chi connectivity index (χ4n) is 1.98. The molecular formula is C15H14N4O6. The Morgan fingerprint density at radius 3 is 2.16 bits per heavy atom. The number of methoxy groups -OCH3 is 2. The Bertz CT molecular complexity index is 820. The van der Waals surface area contributed by atoms with Crippen molar-refractivity contribution in [2.45, 2.75) is 0 Å². The lowest BCUT2D eigenvalue weighted by Crippen LogP contribution is -1.99. The lowest BCUT2D eigenvalue weighted by molar-refractivity contribution is -0.385. The minimum absolute atomic E-state index is 0.0398. The van der Waals surface area contributed by atoms with Crippen LogP contribution in [0.15, 0.2) is 41.5 Å². The van der Waals surface area contributed by atoms with E-state index in [-0.39, 0.29) is 17.1 Å². The fraction of sp³-hybridized carbons (Fsp3) is 0.133. The highest BCUT2D eigenvalue weighted by atomic mass is 16.6. The molecule has 10 heteroatoms. The second-order valence-corrected chi connectivity index (χ2v) is 4.70. The summed E-state index contributed by atoms with van der Waals surface area (Å²) in [5, 5.41) is 25.6. The number of ether oxygens (including phenoxy) is 2. The van der Waals surface area contributed by atoms with Crippen molar-refractivity contribution in [3.63, 3.8) is 0 Å². The second kappa shape index (κ2) is 7.73. The summed E-state index contributed by atoms with van der Waals surface area (Å²) in [5.41, 5.74) is 3.30. The molecule has 0 aliphatic heterocycles. The summed E-state index contributed by atoms with van der Waals surface area (Å²) >= 11 is 0. The van der Waals surface area contributed by atoms with E-state index < -0.39 is 9.85 Å². The zero-order valence-electron chi connectivity index (χ0n) is 13.3. The first-order chi connectivity index (χ1) is 12.0. The highest BCUT2D eigenvalue weighted by molar-refractivity contribution is 5.86. The molecule has 0 aromatic heterocycles. The molecule has 0 unspecified atom stereocenters. The molecule has 0 heterocycles. The van der Waals surface area contributed by atoms with Crippen LogP contribution in [0.5, 0.6) is 11.5 Å². The fourth-order valence-corrected chi connectivity index (χ4v) is 1.98. The Morgan fingerprint density at radius 1 is 1.00 bits per heavy atom. The maximum absolute atomic E-state index is 11.1. The quantitative estimate of drug-likeness (QED) is 0.463. The summed E-state index contributed by atoms with van der Waals surface area (Å²) in [6, 6.07) is 8.31. The Labute approximate surface area is 142 Å². The van der Waals surface area contributed by atoms with Gasteiger partial charge in [-0.1, -0.05) is 0 Å². The van der Waals surface area contributed by atoms with E-state index in [4.69, 9.17) is 9.47 Å². The van der Waals surface area contributed by atoms with Gasteiger partial charge in [0.15, 0.2) is 0 Å². The average Bonchev–Trinajstić information content (AvgIpc) is 2.61. The molecule has 0 fully saturated rings. The molecule has 0 saturated heterocycles. The van der Waals surface area contributed by atoms with Gasteiger partial charge in [0.05, 0.1) is 36.0 Å². The van der Waals surface area contributed by atoms with Crippen LogP contribution in [0.25, 0.3) is 0 Å². The van der Waals surface area contributed by atoms with E-state index in [1.807, 2.05) is 0 Å². The monoisotopic (exact) mass is 346 g/mol. The van der Waals surface area contributed by atoms with Crippen LogP contribution in [-0.2, 0) is 0 Å². The zero-order valence-corrected chi connectivity index (χ0v) is 13.3. The van der Waals surface area contributed by atoms with E-state index in [0.717, 1.165) is 0 Å². The number of nitro benzene ring substituents is 2. The summed E-state index contributed by atoms with van der Waals surface area (Å²) in [6.07, 6.45) is 1.34. The molecule has 0 saturated carbocycles. The first-order valence-electron chi connectivity index (χ1n) is 6.90. The van der Waals surface area contributed by atoms with E-state index in [0.29, 0.717) is 17.0 Å². The third-order valence-electron chi connectivity index (χ3n) is 3.20. The topological polar surface area (TPSA) is 129 Å². The lowest BCUT2D eigenvalue weighted by atomic mass is 10.1. The number of nitro groups is 2. The van der Waals surface area contributed by atoms with Gasteiger partial charge in [0.2, 0.25) is 5.75 Å². The van der Waals surface area contributed by atoms with Crippen LogP contribution in [0.2, 0.25) is 0 Å². The molecular weight excluding hydrogens is 332 g/mol. The van der Waals surface area contributed by atoms with Gasteiger partial charge in [0, 0.05) is 29.8 Å². The largest absolute Gasteiger partial charge is 0.496 e. The highest BCUT2D eigenvalue weighted by Gasteiger charge is 2.18. The summed E-state index contributed by atoms with van der Waals surface area (Å²) in [5.74, 6) is 0.416. The molecule has 0 radical (unpaired) electrons. The first kappa shape index (κ1) is 17.7. The Kier molecular flexibility index (Phi) is 5.46. The molecule has 0 amide bonds. The standard InChI is InChI=1S/C15H14N4O6/c1-24-14-8-15(25-2)13(19(22)23)7-10(14)9-16-17-11-3-5-12(6-4-11)18(20)21/h3-9,17H,1-2H3/b16-9+. The number of nitrogens with zero attached hydrogens (tertiary/aromatic N) is 3. The number of hydrogen-bond acceptors (Lipinski definition) is 8. The van der Waals surface area contributed by atoms with E-state index in [2.05, 4.69) is 10.5 Å². The predicted molar refractivity (Wildman–Crippen MR) is 90.5 cm³/mol. The van der Waals surface area contributed by atoms with Crippen LogP contribution in [0.3, 0.4) is 0 Å². The third-order valence-corrected chi connectivity index (χ3v) is 3.20. The van der Waals surface area contributed by atoms with Crippen molar-refractivity contribution in [1.82, 2.24) is 0 Å². The molecule has 0 aliphatic carbocycles. The van der Waals surface area contributed by atoms with E-state index >= 15 is 0 Å². The minimum Gasteiger partial charge on any atom is -0.496 e. The second-order valence-electron chi connectivity index (χ2n) is 4.70. The molecule has 130 valence electrons. The molecule has 2 aromatic carbocycles. The Morgan fingerprint density at radius 2 is 1.64 bits per heavy atom. The molecule has 0 aliphatic rings. The summed E-state index contributed by atoms with van der Waals surface area (Å²) in [4.78, 5) is 20.6. The molecule has 2 aromatic rings. The third kappa shape index (κ3) is 4.19. The van der Waals surface area contributed by atoms with Gasteiger partial charge >= 0.3 is 5.69 Å². The van der Waals surface area contributed by atoms with Crippen molar-refractivity contribution < 1.29 is 19.3 Å². The van der Waals surface area contributed by atoms with E-state index in [9.17, 15) is 20.2 Å². The number of anilines is 1.